The van der Waals surface area contributed by atoms with Crippen LogP contribution in [0.25, 0.3) is 88.3 Å². The standard InChI is InChI=1S/C47H32O7/c1-53-46-36(28-19-10-4-11-20-28)43(51)41(49)34(26-15-6-2-7-16-26)39(46)31-25-32-40-35(27-17-8-3-9-18-27)42(50)44(52)37(29-21-12-5-13-22-29)47(40)54-45(32)38-30(31)23-14-24-33(38)48/h2-25,48-52H,1H3. The quantitative estimate of drug-likeness (QED) is 0.109. The lowest BCUT2D eigenvalue weighted by molar-refractivity contribution is 0.391. The summed E-state index contributed by atoms with van der Waals surface area (Å²) in [5.41, 5.74) is 5.35. The molecule has 7 nitrogen and oxygen atoms in total. The van der Waals surface area contributed by atoms with Crippen LogP contribution in [0.15, 0.2) is 150 Å². The Morgan fingerprint density at radius 2 is 0.870 bits per heavy atom. The topological polar surface area (TPSA) is 124 Å². The van der Waals surface area contributed by atoms with E-state index < -0.39 is 0 Å². The highest BCUT2D eigenvalue weighted by atomic mass is 16.5. The van der Waals surface area contributed by atoms with Gasteiger partial charge in [-0.05, 0) is 45.3 Å². The minimum absolute atomic E-state index is 0.0686. The molecule has 262 valence electrons. The van der Waals surface area contributed by atoms with Crippen molar-refractivity contribution in [2.45, 2.75) is 0 Å². The number of methoxy groups -OCH3 is 1. The molecular weight excluding hydrogens is 677 g/mol. The molecular formula is C47H32O7. The van der Waals surface area contributed by atoms with E-state index >= 15 is 0 Å². The lowest BCUT2D eigenvalue weighted by atomic mass is 9.85. The fraction of sp³-hybridized carbons (Fsp3) is 0.0213. The zero-order valence-corrected chi connectivity index (χ0v) is 28.9. The van der Waals surface area contributed by atoms with Crippen molar-refractivity contribution in [3.63, 3.8) is 0 Å². The van der Waals surface area contributed by atoms with Crippen LogP contribution in [0.4, 0.5) is 0 Å². The first-order valence-corrected chi connectivity index (χ1v) is 17.4. The Hall–Kier alpha value is -7.38. The van der Waals surface area contributed by atoms with Gasteiger partial charge in [0.25, 0.3) is 0 Å². The molecule has 8 aromatic carbocycles. The van der Waals surface area contributed by atoms with E-state index in [9.17, 15) is 25.5 Å². The minimum Gasteiger partial charge on any atom is -0.507 e. The van der Waals surface area contributed by atoms with Crippen molar-refractivity contribution in [1.29, 1.82) is 0 Å². The first-order valence-electron chi connectivity index (χ1n) is 17.4. The number of hydrogen-bond donors (Lipinski definition) is 5. The fourth-order valence-electron chi connectivity index (χ4n) is 7.77. The molecule has 0 atom stereocenters. The lowest BCUT2D eigenvalue weighted by Crippen LogP contribution is -1.98. The molecule has 1 heterocycles. The van der Waals surface area contributed by atoms with E-state index in [1.807, 2.05) is 133 Å². The Balaban J connectivity index is 1.54. The molecule has 0 unspecified atom stereocenters. The minimum atomic E-state index is -0.347. The molecule has 54 heavy (non-hydrogen) atoms. The van der Waals surface area contributed by atoms with E-state index in [1.165, 1.54) is 7.11 Å². The van der Waals surface area contributed by atoms with Crippen LogP contribution in [0.2, 0.25) is 0 Å². The van der Waals surface area contributed by atoms with Gasteiger partial charge in [-0.3, -0.25) is 0 Å². The summed E-state index contributed by atoms with van der Waals surface area (Å²) in [5.74, 6) is -1.14. The summed E-state index contributed by atoms with van der Waals surface area (Å²) in [6, 6.07) is 43.9. The van der Waals surface area contributed by atoms with Gasteiger partial charge in [-0.15, -0.1) is 0 Å². The predicted molar refractivity (Wildman–Crippen MR) is 213 cm³/mol. The summed E-state index contributed by atoms with van der Waals surface area (Å²) < 4.78 is 13.0. The highest BCUT2D eigenvalue weighted by molar-refractivity contribution is 6.27. The van der Waals surface area contributed by atoms with Crippen LogP contribution in [0.5, 0.6) is 34.5 Å². The average molecular weight is 709 g/mol. The third-order valence-electron chi connectivity index (χ3n) is 10.1. The molecule has 0 spiro atoms. The van der Waals surface area contributed by atoms with Gasteiger partial charge < -0.3 is 34.7 Å². The van der Waals surface area contributed by atoms with Crippen molar-refractivity contribution >= 4 is 32.7 Å². The van der Waals surface area contributed by atoms with Crippen LogP contribution in [0, 0.1) is 0 Å². The highest BCUT2D eigenvalue weighted by Crippen LogP contribution is 2.59. The highest BCUT2D eigenvalue weighted by Gasteiger charge is 2.32. The number of hydrogen-bond acceptors (Lipinski definition) is 7. The Bertz CT molecular complexity index is 2880. The third kappa shape index (κ3) is 4.83. The molecule has 0 fully saturated rings. The van der Waals surface area contributed by atoms with E-state index in [0.717, 1.165) is 0 Å². The van der Waals surface area contributed by atoms with Crippen LogP contribution in [0.3, 0.4) is 0 Å². The number of ether oxygens (including phenoxy) is 1. The number of rotatable bonds is 6. The van der Waals surface area contributed by atoms with Crippen LogP contribution < -0.4 is 4.74 Å². The largest absolute Gasteiger partial charge is 0.507 e. The number of phenols is 5. The molecule has 7 heteroatoms. The molecule has 0 aliphatic heterocycles. The molecule has 9 aromatic rings. The second-order valence-electron chi connectivity index (χ2n) is 13.1. The van der Waals surface area contributed by atoms with Gasteiger partial charge >= 0.3 is 0 Å². The van der Waals surface area contributed by atoms with E-state index in [4.69, 9.17) is 9.15 Å². The van der Waals surface area contributed by atoms with Gasteiger partial charge in [0, 0.05) is 27.5 Å². The van der Waals surface area contributed by atoms with Crippen molar-refractivity contribution in [2.24, 2.45) is 0 Å². The fourth-order valence-corrected chi connectivity index (χ4v) is 7.77. The molecule has 0 saturated carbocycles. The average Bonchev–Trinajstić information content (AvgIpc) is 3.58. The van der Waals surface area contributed by atoms with E-state index in [1.54, 1.807) is 12.1 Å². The van der Waals surface area contributed by atoms with E-state index in [2.05, 4.69) is 0 Å². The Morgan fingerprint density at radius 1 is 0.407 bits per heavy atom. The molecule has 0 saturated heterocycles. The summed E-state index contributed by atoms with van der Waals surface area (Å²) in [6.07, 6.45) is 0. The number of furan rings is 1. The van der Waals surface area contributed by atoms with Gasteiger partial charge in [0.2, 0.25) is 0 Å². The first-order chi connectivity index (χ1) is 26.4. The van der Waals surface area contributed by atoms with E-state index in [-0.39, 0.29) is 34.3 Å². The molecule has 0 amide bonds. The van der Waals surface area contributed by atoms with Gasteiger partial charge in [-0.2, -0.15) is 0 Å². The molecule has 9 rings (SSSR count). The lowest BCUT2D eigenvalue weighted by Gasteiger charge is -2.23. The van der Waals surface area contributed by atoms with Crippen molar-refractivity contribution in [3.05, 3.63) is 146 Å². The molecule has 0 aliphatic rings. The summed E-state index contributed by atoms with van der Waals surface area (Å²) in [6.45, 7) is 0. The SMILES string of the molecule is COc1c(-c2ccccc2)c(O)c(O)c(-c2ccccc2)c1-c1cc2c(oc3c(-c4ccccc4)c(O)c(O)c(-c4ccccc4)c32)c2c(O)cccc12. The Morgan fingerprint density at radius 3 is 1.43 bits per heavy atom. The van der Waals surface area contributed by atoms with Crippen molar-refractivity contribution < 1.29 is 34.7 Å². The molecule has 5 N–H and O–H groups in total. The van der Waals surface area contributed by atoms with Crippen LogP contribution in [-0.2, 0) is 0 Å². The van der Waals surface area contributed by atoms with Crippen LogP contribution in [0.1, 0.15) is 0 Å². The van der Waals surface area contributed by atoms with Crippen molar-refractivity contribution in [1.82, 2.24) is 0 Å². The first kappa shape index (κ1) is 32.5. The molecule has 0 radical (unpaired) electrons. The smallest absolute Gasteiger partial charge is 0.169 e. The van der Waals surface area contributed by atoms with Crippen LogP contribution in [-0.4, -0.2) is 32.6 Å². The number of aromatic hydroxyl groups is 5. The van der Waals surface area contributed by atoms with Crippen LogP contribution >= 0.6 is 0 Å². The Labute approximate surface area is 309 Å². The van der Waals surface area contributed by atoms with Gasteiger partial charge in [0.15, 0.2) is 23.0 Å². The third-order valence-corrected chi connectivity index (χ3v) is 10.1. The summed E-state index contributed by atoms with van der Waals surface area (Å²) in [7, 11) is 1.52. The maximum atomic E-state index is 12.0. The molecule has 1 aromatic heterocycles. The summed E-state index contributed by atoms with van der Waals surface area (Å²) >= 11 is 0. The predicted octanol–water partition coefficient (Wildman–Crippen LogP) is 11.6. The van der Waals surface area contributed by atoms with Gasteiger partial charge in [-0.25, -0.2) is 0 Å². The normalized spacial score (nSPS) is 11.4. The number of fused-ring (bicyclic) bond motifs is 5. The maximum absolute atomic E-state index is 12.0. The monoisotopic (exact) mass is 708 g/mol. The number of benzene rings is 8. The zero-order valence-electron chi connectivity index (χ0n) is 28.9. The van der Waals surface area contributed by atoms with Gasteiger partial charge in [-0.1, -0.05) is 133 Å². The maximum Gasteiger partial charge on any atom is 0.169 e. The van der Waals surface area contributed by atoms with Crippen molar-refractivity contribution in [3.8, 4) is 90.1 Å². The summed E-state index contributed by atoms with van der Waals surface area (Å²) in [5, 5.41) is 61.0. The summed E-state index contributed by atoms with van der Waals surface area (Å²) in [4.78, 5) is 0. The van der Waals surface area contributed by atoms with Crippen molar-refractivity contribution in [2.75, 3.05) is 7.11 Å². The zero-order chi connectivity index (χ0) is 37.1. The molecule has 0 aliphatic carbocycles. The van der Waals surface area contributed by atoms with Gasteiger partial charge in [0.1, 0.15) is 22.7 Å². The van der Waals surface area contributed by atoms with E-state index in [0.29, 0.717) is 88.5 Å². The number of phenolic OH excluding ortho intramolecular Hbond substituents is 5. The van der Waals surface area contributed by atoms with Gasteiger partial charge in [0.05, 0.1) is 23.6 Å². The second-order valence-corrected chi connectivity index (χ2v) is 13.1. The molecule has 0 bridgehead atoms. The Kier molecular flexibility index (Phi) is 7.64. The second kappa shape index (κ2) is 12.7.